The highest BCUT2D eigenvalue weighted by atomic mass is 16.5. The van der Waals surface area contributed by atoms with Crippen molar-refractivity contribution in [3.8, 4) is 5.75 Å². The van der Waals surface area contributed by atoms with Crippen LogP contribution in [-0.4, -0.2) is 25.5 Å². The van der Waals surface area contributed by atoms with Crippen molar-refractivity contribution in [1.29, 1.82) is 0 Å². The fourth-order valence-electron chi connectivity index (χ4n) is 2.09. The molecule has 1 aliphatic carbocycles. The molecule has 0 radical (unpaired) electrons. The van der Waals surface area contributed by atoms with Gasteiger partial charge in [0.2, 0.25) is 0 Å². The maximum absolute atomic E-state index is 12.2. The van der Waals surface area contributed by atoms with E-state index < -0.39 is 0 Å². The van der Waals surface area contributed by atoms with Crippen molar-refractivity contribution in [2.24, 2.45) is 0 Å². The Bertz CT molecular complexity index is 470. The summed E-state index contributed by atoms with van der Waals surface area (Å²) in [4.78, 5) is 12.2. The Labute approximate surface area is 115 Å². The molecule has 0 heterocycles. The number of benzene rings is 1. The Morgan fingerprint density at radius 2 is 2.05 bits per heavy atom. The largest absolute Gasteiger partial charge is 0.496 e. The molecule has 1 fully saturated rings. The SMILES string of the molecule is COc1ccc(C(=O)CNC2CC2)cc1C(C)(C)C. The zero-order valence-electron chi connectivity index (χ0n) is 12.2. The molecule has 0 atom stereocenters. The van der Waals surface area contributed by atoms with Crippen LogP contribution in [0.2, 0.25) is 0 Å². The molecule has 19 heavy (non-hydrogen) atoms. The first kappa shape index (κ1) is 14.1. The predicted molar refractivity (Wildman–Crippen MR) is 77.0 cm³/mol. The van der Waals surface area contributed by atoms with Crippen LogP contribution in [-0.2, 0) is 5.41 Å². The Hall–Kier alpha value is -1.35. The minimum Gasteiger partial charge on any atom is -0.496 e. The number of methoxy groups -OCH3 is 1. The molecule has 0 bridgehead atoms. The normalized spacial score (nSPS) is 15.4. The first-order chi connectivity index (χ1) is 8.91. The first-order valence-electron chi connectivity index (χ1n) is 6.87. The molecule has 1 saturated carbocycles. The molecule has 1 aliphatic rings. The van der Waals surface area contributed by atoms with E-state index in [0.717, 1.165) is 16.9 Å². The predicted octanol–water partition coefficient (Wildman–Crippen LogP) is 2.93. The van der Waals surface area contributed by atoms with Gasteiger partial charge in [-0.2, -0.15) is 0 Å². The van der Waals surface area contributed by atoms with E-state index in [1.807, 2.05) is 18.2 Å². The van der Waals surface area contributed by atoms with Crippen molar-refractivity contribution in [2.75, 3.05) is 13.7 Å². The molecule has 2 rings (SSSR count). The lowest BCUT2D eigenvalue weighted by atomic mass is 9.85. The Morgan fingerprint density at radius 1 is 1.37 bits per heavy atom. The number of rotatable bonds is 5. The number of ether oxygens (including phenoxy) is 1. The summed E-state index contributed by atoms with van der Waals surface area (Å²) in [5.74, 6) is 0.999. The van der Waals surface area contributed by atoms with E-state index in [9.17, 15) is 4.79 Å². The van der Waals surface area contributed by atoms with Crippen LogP contribution in [0, 0.1) is 0 Å². The van der Waals surface area contributed by atoms with Gasteiger partial charge < -0.3 is 10.1 Å². The van der Waals surface area contributed by atoms with E-state index in [1.54, 1.807) is 7.11 Å². The van der Waals surface area contributed by atoms with E-state index >= 15 is 0 Å². The second kappa shape index (κ2) is 5.33. The zero-order valence-corrected chi connectivity index (χ0v) is 12.2. The van der Waals surface area contributed by atoms with Gasteiger partial charge in [0.15, 0.2) is 5.78 Å². The molecule has 104 valence electrons. The number of hydrogen-bond acceptors (Lipinski definition) is 3. The highest BCUT2D eigenvalue weighted by Crippen LogP contribution is 2.32. The van der Waals surface area contributed by atoms with Crippen molar-refractivity contribution in [3.63, 3.8) is 0 Å². The summed E-state index contributed by atoms with van der Waals surface area (Å²) in [5, 5.41) is 3.26. The zero-order chi connectivity index (χ0) is 14.0. The van der Waals surface area contributed by atoms with Crippen molar-refractivity contribution in [1.82, 2.24) is 5.32 Å². The maximum Gasteiger partial charge on any atom is 0.176 e. The van der Waals surface area contributed by atoms with Gasteiger partial charge in [-0.25, -0.2) is 0 Å². The topological polar surface area (TPSA) is 38.3 Å². The lowest BCUT2D eigenvalue weighted by molar-refractivity contribution is 0.0990. The molecule has 1 aromatic rings. The van der Waals surface area contributed by atoms with Gasteiger partial charge in [-0.05, 0) is 36.5 Å². The van der Waals surface area contributed by atoms with Crippen molar-refractivity contribution in [3.05, 3.63) is 29.3 Å². The summed E-state index contributed by atoms with van der Waals surface area (Å²) in [7, 11) is 1.67. The Balaban J connectivity index is 2.18. The fourth-order valence-corrected chi connectivity index (χ4v) is 2.09. The molecular weight excluding hydrogens is 238 g/mol. The molecule has 0 aromatic heterocycles. The number of carbonyl (C=O) groups excluding carboxylic acids is 1. The third-order valence-corrected chi connectivity index (χ3v) is 3.46. The number of carbonyl (C=O) groups is 1. The molecule has 3 heteroatoms. The molecule has 0 spiro atoms. The van der Waals surface area contributed by atoms with Gasteiger partial charge in [0.1, 0.15) is 5.75 Å². The lowest BCUT2D eigenvalue weighted by Crippen LogP contribution is -2.25. The van der Waals surface area contributed by atoms with Gasteiger partial charge >= 0.3 is 0 Å². The van der Waals surface area contributed by atoms with Crippen LogP contribution < -0.4 is 10.1 Å². The molecule has 0 aliphatic heterocycles. The van der Waals surface area contributed by atoms with Crippen LogP contribution in [0.4, 0.5) is 0 Å². The number of ketones is 1. The summed E-state index contributed by atoms with van der Waals surface area (Å²) in [5.41, 5.74) is 1.80. The minimum atomic E-state index is -0.0362. The van der Waals surface area contributed by atoms with Crippen LogP contribution >= 0.6 is 0 Å². The quantitative estimate of drug-likeness (QED) is 0.828. The summed E-state index contributed by atoms with van der Waals surface area (Å²) < 4.78 is 5.39. The van der Waals surface area contributed by atoms with Gasteiger partial charge in [0.05, 0.1) is 13.7 Å². The van der Waals surface area contributed by atoms with Gasteiger partial charge in [-0.1, -0.05) is 20.8 Å². The third-order valence-electron chi connectivity index (χ3n) is 3.46. The lowest BCUT2D eigenvalue weighted by Gasteiger charge is -2.22. The van der Waals surface area contributed by atoms with Crippen molar-refractivity contribution >= 4 is 5.78 Å². The Kier molecular flexibility index (Phi) is 3.95. The minimum absolute atomic E-state index is 0.0362. The number of hydrogen-bond donors (Lipinski definition) is 1. The molecule has 0 saturated heterocycles. The standard InChI is InChI=1S/C16H23NO2/c1-16(2,3)13-9-11(5-8-15(13)19-4)14(18)10-17-12-6-7-12/h5,8-9,12,17H,6-7,10H2,1-4H3. The van der Waals surface area contributed by atoms with Gasteiger partial charge in [-0.3, -0.25) is 4.79 Å². The van der Waals surface area contributed by atoms with Crippen molar-refractivity contribution in [2.45, 2.75) is 45.1 Å². The molecule has 1 aromatic carbocycles. The highest BCUT2D eigenvalue weighted by Gasteiger charge is 2.23. The van der Waals surface area contributed by atoms with E-state index in [-0.39, 0.29) is 11.2 Å². The summed E-state index contributed by atoms with van der Waals surface area (Å²) in [6.07, 6.45) is 2.40. The third kappa shape index (κ3) is 3.57. The van der Waals surface area contributed by atoms with E-state index in [1.165, 1.54) is 12.8 Å². The second-order valence-corrected chi connectivity index (χ2v) is 6.24. The summed E-state index contributed by atoms with van der Waals surface area (Å²) >= 11 is 0. The summed E-state index contributed by atoms with van der Waals surface area (Å²) in [6, 6.07) is 6.27. The fraction of sp³-hybridized carbons (Fsp3) is 0.562. The average molecular weight is 261 g/mol. The van der Waals surface area contributed by atoms with E-state index in [4.69, 9.17) is 4.74 Å². The first-order valence-corrected chi connectivity index (χ1v) is 6.87. The maximum atomic E-state index is 12.2. The molecule has 1 N–H and O–H groups in total. The van der Waals surface area contributed by atoms with Crippen LogP contribution in [0.25, 0.3) is 0 Å². The number of nitrogens with one attached hydrogen (secondary N) is 1. The van der Waals surface area contributed by atoms with Crippen LogP contribution in [0.5, 0.6) is 5.75 Å². The van der Waals surface area contributed by atoms with Crippen LogP contribution in [0.15, 0.2) is 18.2 Å². The highest BCUT2D eigenvalue weighted by molar-refractivity contribution is 5.98. The molecular formula is C16H23NO2. The van der Waals surface area contributed by atoms with Crippen LogP contribution in [0.1, 0.15) is 49.5 Å². The monoisotopic (exact) mass is 261 g/mol. The van der Waals surface area contributed by atoms with E-state index in [0.29, 0.717) is 12.6 Å². The smallest absolute Gasteiger partial charge is 0.176 e. The van der Waals surface area contributed by atoms with Crippen molar-refractivity contribution < 1.29 is 9.53 Å². The molecule has 0 unspecified atom stereocenters. The number of Topliss-reactive ketones (excluding diaryl/α,β-unsaturated/α-hetero) is 1. The molecule has 0 amide bonds. The molecule has 3 nitrogen and oxygen atoms in total. The van der Waals surface area contributed by atoms with E-state index in [2.05, 4.69) is 26.1 Å². The summed E-state index contributed by atoms with van der Waals surface area (Å²) in [6.45, 7) is 6.81. The Morgan fingerprint density at radius 3 is 2.58 bits per heavy atom. The average Bonchev–Trinajstić information content (AvgIpc) is 3.18. The van der Waals surface area contributed by atoms with Gasteiger partial charge in [0, 0.05) is 17.2 Å². The van der Waals surface area contributed by atoms with Gasteiger partial charge in [-0.15, -0.1) is 0 Å². The van der Waals surface area contributed by atoms with Crippen LogP contribution in [0.3, 0.4) is 0 Å². The second-order valence-electron chi connectivity index (χ2n) is 6.24. The van der Waals surface area contributed by atoms with Gasteiger partial charge in [0.25, 0.3) is 0 Å².